The minimum absolute atomic E-state index is 0.0499. The summed E-state index contributed by atoms with van der Waals surface area (Å²) >= 11 is 0. The number of phosphoric ester groups is 1. The maximum Gasteiger partial charge on any atom is 0.472 e. The summed E-state index contributed by atoms with van der Waals surface area (Å²) in [5, 5.41) is 13.9. The van der Waals surface area contributed by atoms with Gasteiger partial charge in [0, 0.05) is 6.42 Å². The van der Waals surface area contributed by atoms with E-state index in [0.717, 1.165) is 70.6 Å². The molecule has 0 aliphatic carbocycles. The quantitative estimate of drug-likeness (QED) is 0.0243. The Morgan fingerprint density at radius 3 is 1.30 bits per heavy atom. The predicted molar refractivity (Wildman–Crippen MR) is 309 cm³/mol. The molecule has 0 bridgehead atoms. The topological polar surface area (TPSA) is 105 Å². The highest BCUT2D eigenvalue weighted by Gasteiger charge is 2.27. The van der Waals surface area contributed by atoms with Crippen LogP contribution in [0.15, 0.2) is 85.1 Å². The Bertz CT molecular complexity index is 1430. The molecule has 0 radical (unpaired) electrons. The summed E-state index contributed by atoms with van der Waals surface area (Å²) in [7, 11) is 1.54. The molecule has 0 saturated carbocycles. The highest BCUT2D eigenvalue weighted by molar-refractivity contribution is 7.47. The van der Waals surface area contributed by atoms with Crippen molar-refractivity contribution in [2.75, 3.05) is 40.9 Å². The molecule has 0 saturated heterocycles. The molecule has 0 aromatic carbocycles. The molecule has 0 spiro atoms. The fourth-order valence-corrected chi connectivity index (χ4v) is 8.98. The molecule has 71 heavy (non-hydrogen) atoms. The number of unbranched alkanes of at least 4 members (excludes halogenated alkanes) is 28. The van der Waals surface area contributed by atoms with E-state index >= 15 is 0 Å². The third kappa shape index (κ3) is 55.3. The van der Waals surface area contributed by atoms with E-state index in [1.165, 1.54) is 161 Å². The van der Waals surface area contributed by atoms with Crippen molar-refractivity contribution in [1.29, 1.82) is 0 Å². The number of hydrogen-bond donors (Lipinski definition) is 3. The number of aliphatic hydroxyl groups excluding tert-OH is 1. The zero-order valence-corrected chi connectivity index (χ0v) is 47.8. The van der Waals surface area contributed by atoms with E-state index < -0.39 is 20.0 Å². The lowest BCUT2D eigenvalue weighted by Gasteiger charge is -2.25. The van der Waals surface area contributed by atoms with Gasteiger partial charge in [0.1, 0.15) is 13.2 Å². The Hall–Kier alpha value is -2.32. The SMILES string of the molecule is CC/C=C\C/C=C\C/C=C\C/C=C\CCCCCCCCCCCCCCC(=O)NC(COP(=O)(O)OCC[N+](C)(C)C)C(O)/C=C/CC/C=C/CC/C=C/CCCCCCCCCCCCCCCC. The van der Waals surface area contributed by atoms with E-state index in [-0.39, 0.29) is 19.1 Å². The molecular formula is C62H114N2O6P+. The first-order valence-electron chi connectivity index (χ1n) is 29.5. The van der Waals surface area contributed by atoms with Gasteiger partial charge in [-0.3, -0.25) is 13.8 Å². The van der Waals surface area contributed by atoms with E-state index in [9.17, 15) is 19.4 Å². The lowest BCUT2D eigenvalue weighted by Crippen LogP contribution is -2.45. The number of allylic oxidation sites excluding steroid dienone is 13. The molecular weight excluding hydrogens is 900 g/mol. The highest BCUT2D eigenvalue weighted by Crippen LogP contribution is 2.43. The van der Waals surface area contributed by atoms with Gasteiger partial charge < -0.3 is 19.8 Å². The maximum atomic E-state index is 13.0. The Labute approximate surface area is 439 Å². The molecule has 0 fully saturated rings. The summed E-state index contributed by atoms with van der Waals surface area (Å²) in [4.78, 5) is 23.3. The van der Waals surface area contributed by atoms with Crippen LogP contribution in [0.25, 0.3) is 0 Å². The van der Waals surface area contributed by atoms with Crippen LogP contribution in [0, 0.1) is 0 Å². The number of amides is 1. The van der Waals surface area contributed by atoms with Crippen molar-refractivity contribution < 1.29 is 32.9 Å². The third-order valence-electron chi connectivity index (χ3n) is 12.8. The zero-order valence-electron chi connectivity index (χ0n) is 46.9. The molecule has 0 aromatic heterocycles. The van der Waals surface area contributed by atoms with Gasteiger partial charge in [-0.15, -0.1) is 0 Å². The minimum atomic E-state index is -4.37. The van der Waals surface area contributed by atoms with Gasteiger partial charge in [-0.2, -0.15) is 0 Å². The average molecular weight is 1010 g/mol. The maximum absolute atomic E-state index is 13.0. The number of nitrogens with one attached hydrogen (secondary N) is 1. The largest absolute Gasteiger partial charge is 0.472 e. The van der Waals surface area contributed by atoms with Crippen LogP contribution in [0.3, 0.4) is 0 Å². The van der Waals surface area contributed by atoms with Crippen LogP contribution in [-0.2, 0) is 18.4 Å². The van der Waals surface area contributed by atoms with E-state index in [4.69, 9.17) is 9.05 Å². The monoisotopic (exact) mass is 1010 g/mol. The van der Waals surface area contributed by atoms with Crippen molar-refractivity contribution in [3.63, 3.8) is 0 Å². The number of likely N-dealkylation sites (N-methyl/N-ethyl adjacent to an activating group) is 1. The second-order valence-corrected chi connectivity index (χ2v) is 22.4. The summed E-state index contributed by atoms with van der Waals surface area (Å²) in [6.45, 7) is 4.69. The lowest BCUT2D eigenvalue weighted by molar-refractivity contribution is -0.870. The van der Waals surface area contributed by atoms with Crippen LogP contribution in [0.2, 0.25) is 0 Å². The number of nitrogens with zero attached hydrogens (tertiary/aromatic N) is 1. The predicted octanol–water partition coefficient (Wildman–Crippen LogP) is 18.0. The molecule has 0 heterocycles. The molecule has 3 unspecified atom stereocenters. The lowest BCUT2D eigenvalue weighted by atomic mass is 10.0. The summed E-state index contributed by atoms with van der Waals surface area (Å²) in [5.41, 5.74) is 0. The number of quaternary nitrogens is 1. The third-order valence-corrected chi connectivity index (χ3v) is 13.8. The highest BCUT2D eigenvalue weighted by atomic mass is 31.2. The Kier molecular flexibility index (Phi) is 50.8. The molecule has 0 aliphatic rings. The first-order chi connectivity index (χ1) is 34.5. The second kappa shape index (κ2) is 52.5. The number of carbonyl (C=O) groups is 1. The van der Waals surface area contributed by atoms with Crippen LogP contribution in [0.4, 0.5) is 0 Å². The molecule has 8 nitrogen and oxygen atoms in total. The zero-order chi connectivity index (χ0) is 52.0. The summed E-state index contributed by atoms with van der Waals surface area (Å²) in [6.07, 6.45) is 74.0. The van der Waals surface area contributed by atoms with Crippen molar-refractivity contribution in [1.82, 2.24) is 5.32 Å². The Balaban J connectivity index is 4.28. The molecule has 3 atom stereocenters. The van der Waals surface area contributed by atoms with Gasteiger partial charge in [-0.05, 0) is 83.5 Å². The van der Waals surface area contributed by atoms with E-state index in [2.05, 4.69) is 92.1 Å². The smallest absolute Gasteiger partial charge is 0.387 e. The van der Waals surface area contributed by atoms with Gasteiger partial charge in [0.2, 0.25) is 5.91 Å². The van der Waals surface area contributed by atoms with Crippen molar-refractivity contribution in [2.45, 2.75) is 264 Å². The van der Waals surface area contributed by atoms with Crippen LogP contribution < -0.4 is 5.32 Å². The number of rotatable bonds is 53. The van der Waals surface area contributed by atoms with Gasteiger partial charge in [-0.25, -0.2) is 4.57 Å². The standard InChI is InChI=1S/C62H113N2O6P/c1-6-8-10-12-14-16-18-20-22-24-26-28-30-32-34-36-38-40-42-44-46-48-50-52-54-56-62(66)63-60(59-70-71(67,68)69-58-57-64(3,4)5)61(65)55-53-51-49-47-45-43-41-39-37-35-33-31-29-27-25-23-21-19-17-15-13-11-9-7-2/h8,10,14,16,20,22,26,28,37,39,45,47,53,55,60-61,65H,6-7,9,11-13,15,17-19,21,23-25,27,29-36,38,40-44,46,48-52,54,56-59H2,1-5H3,(H-,63,66,67,68)/p+1/b10-8-,16-14-,22-20-,28-26-,39-37+,47-45+,55-53+. The fraction of sp³-hybridized carbons (Fsp3) is 0.758. The van der Waals surface area contributed by atoms with Crippen LogP contribution >= 0.6 is 7.82 Å². The average Bonchev–Trinajstić information content (AvgIpc) is 3.33. The van der Waals surface area contributed by atoms with Crippen LogP contribution in [-0.4, -0.2) is 73.4 Å². The fourth-order valence-electron chi connectivity index (χ4n) is 8.24. The summed E-state index contributed by atoms with van der Waals surface area (Å²) in [6, 6.07) is -0.876. The molecule has 0 aliphatic heterocycles. The van der Waals surface area contributed by atoms with Crippen molar-refractivity contribution in [3.05, 3.63) is 85.1 Å². The first-order valence-corrected chi connectivity index (χ1v) is 31.0. The van der Waals surface area contributed by atoms with Gasteiger partial charge in [0.15, 0.2) is 0 Å². The van der Waals surface area contributed by atoms with Crippen molar-refractivity contribution in [3.8, 4) is 0 Å². The Morgan fingerprint density at radius 1 is 0.493 bits per heavy atom. The molecule has 0 aromatic rings. The molecule has 412 valence electrons. The van der Waals surface area contributed by atoms with E-state index in [0.29, 0.717) is 17.4 Å². The molecule has 3 N–H and O–H groups in total. The van der Waals surface area contributed by atoms with Gasteiger partial charge in [0.05, 0.1) is 39.9 Å². The van der Waals surface area contributed by atoms with Gasteiger partial charge in [-0.1, -0.05) is 247 Å². The van der Waals surface area contributed by atoms with E-state index in [1.54, 1.807) is 6.08 Å². The molecule has 0 rings (SSSR count). The van der Waals surface area contributed by atoms with E-state index in [1.807, 2.05) is 27.2 Å². The Morgan fingerprint density at radius 2 is 0.859 bits per heavy atom. The van der Waals surface area contributed by atoms with Crippen LogP contribution in [0.5, 0.6) is 0 Å². The first kappa shape index (κ1) is 68.7. The molecule has 9 heteroatoms. The number of phosphoric acid groups is 1. The summed E-state index contributed by atoms with van der Waals surface area (Å²) < 4.78 is 23.7. The number of hydrogen-bond acceptors (Lipinski definition) is 5. The minimum Gasteiger partial charge on any atom is -0.387 e. The van der Waals surface area contributed by atoms with Crippen LogP contribution in [0.1, 0.15) is 251 Å². The normalized spacial score (nSPS) is 14.5. The van der Waals surface area contributed by atoms with Crippen molar-refractivity contribution in [2.24, 2.45) is 0 Å². The van der Waals surface area contributed by atoms with Crippen molar-refractivity contribution >= 4 is 13.7 Å². The molecule has 1 amide bonds. The van der Waals surface area contributed by atoms with Gasteiger partial charge in [0.25, 0.3) is 0 Å². The summed E-state index contributed by atoms with van der Waals surface area (Å²) in [5.74, 6) is -0.195. The van der Waals surface area contributed by atoms with Gasteiger partial charge >= 0.3 is 7.82 Å². The second-order valence-electron chi connectivity index (χ2n) is 21.0. The number of carbonyl (C=O) groups excluding carboxylic acids is 1. The number of aliphatic hydroxyl groups is 1.